The Kier molecular flexibility index (Phi) is 12.4. The first-order chi connectivity index (χ1) is 30.1. The van der Waals surface area contributed by atoms with Crippen molar-refractivity contribution in [1.29, 1.82) is 0 Å². The molecular formula is C47H49F3N5O8+. The molecular weight excluding hydrogens is 820 g/mol. The molecule has 13 nitrogen and oxygen atoms in total. The molecule has 330 valence electrons. The van der Waals surface area contributed by atoms with Crippen LogP contribution < -0.4 is 26.2 Å². The Bertz CT molecular complexity index is 2530. The number of unbranched alkanes of at least 4 members (excludes halogenated alkanes) is 1. The van der Waals surface area contributed by atoms with Crippen molar-refractivity contribution in [3.63, 3.8) is 0 Å². The van der Waals surface area contributed by atoms with E-state index in [1.807, 2.05) is 60.7 Å². The van der Waals surface area contributed by atoms with Gasteiger partial charge in [-0.05, 0) is 71.8 Å². The van der Waals surface area contributed by atoms with Crippen molar-refractivity contribution in [1.82, 2.24) is 10.3 Å². The van der Waals surface area contributed by atoms with Crippen LogP contribution in [0.2, 0.25) is 0 Å². The lowest BCUT2D eigenvalue weighted by atomic mass is 9.96. The van der Waals surface area contributed by atoms with Crippen LogP contribution in [0.4, 0.5) is 29.3 Å². The van der Waals surface area contributed by atoms with Gasteiger partial charge < -0.3 is 39.4 Å². The number of epoxide rings is 1. The van der Waals surface area contributed by atoms with Crippen LogP contribution in [0.1, 0.15) is 54.9 Å². The van der Waals surface area contributed by atoms with E-state index in [0.29, 0.717) is 54.8 Å². The number of piperidine rings is 1. The number of aliphatic hydroxyl groups is 1. The van der Waals surface area contributed by atoms with Crippen LogP contribution in [0.15, 0.2) is 102 Å². The number of carbonyl (C=O) groups is 3. The van der Waals surface area contributed by atoms with E-state index in [4.69, 9.17) is 9.47 Å². The zero-order valence-corrected chi connectivity index (χ0v) is 34.7. The number of rotatable bonds is 15. The average molecular weight is 869 g/mol. The highest BCUT2D eigenvalue weighted by atomic mass is 19.4. The molecule has 5 N–H and O–H groups in total. The number of hydrogen-bond donors (Lipinski definition) is 5. The normalized spacial score (nSPS) is 21.3. The van der Waals surface area contributed by atoms with Crippen molar-refractivity contribution >= 4 is 40.2 Å². The van der Waals surface area contributed by atoms with E-state index in [1.54, 1.807) is 12.1 Å². The number of nitrogens with one attached hydrogen (secondary N) is 4. The van der Waals surface area contributed by atoms with Gasteiger partial charge in [-0.2, -0.15) is 13.2 Å². The number of hydrogen-bond acceptors (Lipinski definition) is 9. The third-order valence-electron chi connectivity index (χ3n) is 12.4. The lowest BCUT2D eigenvalue weighted by molar-refractivity contribution is -0.938. The Morgan fingerprint density at radius 2 is 1.60 bits per heavy atom. The number of halogens is 3. The van der Waals surface area contributed by atoms with Gasteiger partial charge in [0.15, 0.2) is 5.75 Å². The molecule has 0 aliphatic carbocycles. The average Bonchev–Trinajstić information content (AvgIpc) is 4.02. The van der Waals surface area contributed by atoms with Crippen molar-refractivity contribution in [2.24, 2.45) is 0 Å². The number of aromatic nitrogens is 1. The SMILES string of the molecule is C[N+]1(C)[C@@H]2CC(OC(=O)Nc3cc(CCCCC(=O)Nc4ccc(CNC[C@H](O)c5ccc(OC(=O)C(F)(F)F)c6[nH]c(=O)ccc56)cc4)ccc3-c3ccccc3)C[C@H]1[C@@H]1O[C@@H]12. The Balaban J connectivity index is 0.792. The van der Waals surface area contributed by atoms with Gasteiger partial charge in [0.05, 0.1) is 31.4 Å². The van der Waals surface area contributed by atoms with Crippen LogP contribution in [0, 0.1) is 0 Å². The van der Waals surface area contributed by atoms with Crippen molar-refractivity contribution in [2.75, 3.05) is 31.3 Å². The standard InChI is InChI=1S/C47H48F3N5O8/c1-55(2)36-23-31(24-37(55)44-43(36)63-44)61-46(60)53-35-22-27(14-17-32(35)29-9-4-3-5-10-29)8-6-7-11-40(57)52-30-15-12-28(13-16-30)25-51-26-38(56)33-18-20-39(62-45(59)47(48,49)50)42-34(33)19-21-41(58)54-42/h3-5,9-10,12-22,31,36-38,43-44,51,56H,6-8,11,23-26H2,1-2H3,(H2-,52,53,54,57,58,60)/p+1/t31?,36-,37+,38-,43-,44+/m0/s1. The van der Waals surface area contributed by atoms with E-state index in [9.17, 15) is 37.5 Å². The number of esters is 1. The molecule has 5 aromatic rings. The van der Waals surface area contributed by atoms with Crippen molar-refractivity contribution in [2.45, 2.75) is 87.7 Å². The lowest BCUT2D eigenvalue weighted by Gasteiger charge is -2.45. The van der Waals surface area contributed by atoms with E-state index < -0.39 is 35.7 Å². The summed E-state index contributed by atoms with van der Waals surface area (Å²) >= 11 is 0. The zero-order valence-electron chi connectivity index (χ0n) is 34.7. The van der Waals surface area contributed by atoms with Gasteiger partial charge in [-0.3, -0.25) is 14.9 Å². The van der Waals surface area contributed by atoms with Crippen LogP contribution in [-0.2, 0) is 32.0 Å². The molecule has 3 fully saturated rings. The molecule has 8 rings (SSSR count). The van der Waals surface area contributed by atoms with Crippen molar-refractivity contribution in [3.05, 3.63) is 124 Å². The summed E-state index contributed by atoms with van der Waals surface area (Å²) in [6.45, 7) is 0.397. The number of nitrogens with zero attached hydrogens (tertiary/aromatic N) is 1. The first kappa shape index (κ1) is 43.6. The monoisotopic (exact) mass is 868 g/mol. The number of H-pyrrole nitrogens is 1. The van der Waals surface area contributed by atoms with Crippen molar-refractivity contribution < 1.29 is 51.4 Å². The van der Waals surface area contributed by atoms with Gasteiger partial charge in [-0.25, -0.2) is 9.59 Å². The molecule has 0 saturated carbocycles. The Morgan fingerprint density at radius 1 is 0.889 bits per heavy atom. The smallest absolute Gasteiger partial charge is 0.445 e. The number of carbonyl (C=O) groups excluding carboxylic acids is 3. The topological polar surface area (TPSA) is 171 Å². The Labute approximate surface area is 361 Å². The van der Waals surface area contributed by atoms with E-state index in [-0.39, 0.29) is 41.7 Å². The van der Waals surface area contributed by atoms with Crippen LogP contribution in [-0.4, -0.2) is 89.8 Å². The molecule has 0 spiro atoms. The summed E-state index contributed by atoms with van der Waals surface area (Å²) in [5.41, 5.74) is 4.59. The minimum atomic E-state index is -5.24. The van der Waals surface area contributed by atoms with Crippen LogP contribution in [0.3, 0.4) is 0 Å². The van der Waals surface area contributed by atoms with E-state index >= 15 is 0 Å². The maximum atomic E-state index is 13.3. The summed E-state index contributed by atoms with van der Waals surface area (Å²) in [4.78, 5) is 51.9. The van der Waals surface area contributed by atoms with Crippen molar-refractivity contribution in [3.8, 4) is 16.9 Å². The van der Waals surface area contributed by atoms with Gasteiger partial charge in [0.1, 0.15) is 30.4 Å². The first-order valence-corrected chi connectivity index (χ1v) is 21.0. The molecule has 2 bridgehead atoms. The molecule has 4 heterocycles. The largest absolute Gasteiger partial charge is 0.491 e. The maximum Gasteiger partial charge on any atom is 0.491 e. The van der Waals surface area contributed by atoms with Crippen LogP contribution >= 0.6 is 0 Å². The molecule has 3 aliphatic rings. The molecule has 1 aromatic heterocycles. The first-order valence-electron chi connectivity index (χ1n) is 21.0. The third kappa shape index (κ3) is 9.94. The minimum Gasteiger partial charge on any atom is -0.445 e. The summed E-state index contributed by atoms with van der Waals surface area (Å²) in [7, 11) is 4.49. The van der Waals surface area contributed by atoms with E-state index in [2.05, 4.69) is 39.8 Å². The number of aromatic amines is 1. The number of benzene rings is 4. The zero-order chi connectivity index (χ0) is 44.5. The van der Waals surface area contributed by atoms with Gasteiger partial charge in [0, 0.05) is 55.1 Å². The summed E-state index contributed by atoms with van der Waals surface area (Å²) in [5.74, 6) is -3.05. The van der Waals surface area contributed by atoms with E-state index in [1.165, 1.54) is 12.1 Å². The van der Waals surface area contributed by atoms with Crippen LogP contribution in [0.5, 0.6) is 5.75 Å². The highest BCUT2D eigenvalue weighted by molar-refractivity contribution is 5.93. The lowest BCUT2D eigenvalue weighted by Crippen LogP contribution is -2.60. The maximum absolute atomic E-state index is 13.3. The molecule has 63 heavy (non-hydrogen) atoms. The third-order valence-corrected chi connectivity index (χ3v) is 12.4. The van der Waals surface area contributed by atoms with Gasteiger partial charge in [0.25, 0.3) is 0 Å². The summed E-state index contributed by atoms with van der Waals surface area (Å²) in [6, 6.07) is 28.7. The number of alkyl halides is 3. The fraction of sp³-hybridized carbons (Fsp3) is 0.362. The van der Waals surface area contributed by atoms with Gasteiger partial charge >= 0.3 is 18.2 Å². The number of amides is 2. The summed E-state index contributed by atoms with van der Waals surface area (Å²) < 4.78 is 55.7. The van der Waals surface area contributed by atoms with E-state index in [0.717, 1.165) is 58.1 Å². The number of aryl methyl sites for hydroxylation is 1. The second-order valence-electron chi connectivity index (χ2n) is 16.9. The number of quaternary nitrogens is 1. The Morgan fingerprint density at radius 3 is 2.32 bits per heavy atom. The number of likely N-dealkylation sites (N-methyl/N-ethyl adjacent to an activating group) is 1. The molecule has 16 heteroatoms. The summed E-state index contributed by atoms with van der Waals surface area (Å²) in [5, 5.41) is 20.2. The molecule has 4 aromatic carbocycles. The Hall–Kier alpha value is -6.07. The van der Waals surface area contributed by atoms with Crippen LogP contribution in [0.25, 0.3) is 22.0 Å². The molecule has 6 atom stereocenters. The number of ether oxygens (including phenoxy) is 3. The summed E-state index contributed by atoms with van der Waals surface area (Å²) in [6.07, 6.45) is -2.45. The molecule has 1 unspecified atom stereocenters. The molecule has 2 amide bonds. The second kappa shape index (κ2) is 18.0. The predicted molar refractivity (Wildman–Crippen MR) is 229 cm³/mol. The minimum absolute atomic E-state index is 0.0480. The quantitative estimate of drug-likeness (QED) is 0.0241. The highest BCUT2D eigenvalue weighted by Crippen LogP contribution is 2.51. The highest BCUT2D eigenvalue weighted by Gasteiger charge is 2.70. The predicted octanol–water partition coefficient (Wildman–Crippen LogP) is 7.14. The van der Waals surface area contributed by atoms with Gasteiger partial charge in [0.2, 0.25) is 11.5 Å². The molecule has 3 saturated heterocycles. The number of aliphatic hydroxyl groups excluding tert-OH is 1. The number of pyridine rings is 1. The number of anilines is 2. The number of fused-ring (bicyclic) bond motifs is 6. The fourth-order valence-electron chi connectivity index (χ4n) is 9.10. The second-order valence-corrected chi connectivity index (χ2v) is 16.9. The molecule has 0 radical (unpaired) electrons. The van der Waals surface area contributed by atoms with Gasteiger partial charge in [-0.15, -0.1) is 0 Å². The fourth-order valence-corrected chi connectivity index (χ4v) is 9.10. The number of morpholine rings is 1. The molecule has 3 aliphatic heterocycles. The van der Waals surface area contributed by atoms with Gasteiger partial charge in [-0.1, -0.05) is 60.7 Å².